The molecule has 0 radical (unpaired) electrons. The first-order valence-corrected chi connectivity index (χ1v) is 6.79. The predicted octanol–water partition coefficient (Wildman–Crippen LogP) is 0.796. The van der Waals surface area contributed by atoms with Crippen molar-refractivity contribution in [3.8, 4) is 11.5 Å². The third-order valence-corrected chi connectivity index (χ3v) is 3.82. The molecule has 0 spiro atoms. The molecule has 0 saturated heterocycles. The number of aromatic nitrogens is 5. The second-order valence-electron chi connectivity index (χ2n) is 5.14. The molecular formula is C13H19N5O. The number of aliphatic hydroxyl groups is 1. The highest BCUT2D eigenvalue weighted by molar-refractivity contribution is 5.51. The van der Waals surface area contributed by atoms with Crippen molar-refractivity contribution in [2.45, 2.75) is 32.7 Å². The molecule has 19 heavy (non-hydrogen) atoms. The fraction of sp³-hybridized carbons (Fsp3) is 0.615. The molecule has 0 fully saturated rings. The monoisotopic (exact) mass is 261 g/mol. The molecule has 0 amide bonds. The largest absolute Gasteiger partial charge is 0.396 e. The van der Waals surface area contributed by atoms with Crippen LogP contribution in [0, 0.1) is 5.92 Å². The molecule has 1 aliphatic heterocycles. The summed E-state index contributed by atoms with van der Waals surface area (Å²) >= 11 is 0. The van der Waals surface area contributed by atoms with Crippen molar-refractivity contribution in [1.29, 1.82) is 0 Å². The molecule has 3 rings (SSSR count). The average molecular weight is 261 g/mol. The molecule has 2 aromatic rings. The van der Waals surface area contributed by atoms with Gasteiger partial charge in [0.2, 0.25) is 0 Å². The Morgan fingerprint density at radius 2 is 2.26 bits per heavy atom. The van der Waals surface area contributed by atoms with Crippen LogP contribution in [-0.2, 0) is 26.4 Å². The van der Waals surface area contributed by atoms with Crippen molar-refractivity contribution in [1.82, 2.24) is 24.5 Å². The number of hydrogen-bond acceptors (Lipinski definition) is 4. The summed E-state index contributed by atoms with van der Waals surface area (Å²) in [5.41, 5.74) is 2.05. The standard InChI is InChI=1S/C13H19N5O/c1-3-10-6-11(17(2)16-10)13-15-14-12-5-4-9(8-19)7-18(12)13/h6,9,19H,3-5,7-8H2,1-2H3. The van der Waals surface area contributed by atoms with Crippen molar-refractivity contribution < 1.29 is 5.11 Å². The molecular weight excluding hydrogens is 242 g/mol. The van der Waals surface area contributed by atoms with Crippen LogP contribution in [0.2, 0.25) is 0 Å². The normalized spacial score (nSPS) is 18.6. The lowest BCUT2D eigenvalue weighted by atomic mass is 10.0. The molecule has 2 aromatic heterocycles. The second-order valence-corrected chi connectivity index (χ2v) is 5.14. The summed E-state index contributed by atoms with van der Waals surface area (Å²) in [4.78, 5) is 0. The van der Waals surface area contributed by atoms with Gasteiger partial charge in [0.15, 0.2) is 5.82 Å². The smallest absolute Gasteiger partial charge is 0.182 e. The van der Waals surface area contributed by atoms with Gasteiger partial charge in [0.1, 0.15) is 11.5 Å². The van der Waals surface area contributed by atoms with Gasteiger partial charge >= 0.3 is 0 Å². The van der Waals surface area contributed by atoms with E-state index in [1.807, 2.05) is 11.7 Å². The molecule has 0 bridgehead atoms. The molecule has 1 atom stereocenters. The molecule has 0 aliphatic carbocycles. The lowest BCUT2D eigenvalue weighted by Crippen LogP contribution is -2.23. The van der Waals surface area contributed by atoms with Crippen LogP contribution < -0.4 is 0 Å². The van der Waals surface area contributed by atoms with Crippen molar-refractivity contribution >= 4 is 0 Å². The lowest BCUT2D eigenvalue weighted by molar-refractivity contribution is 0.191. The van der Waals surface area contributed by atoms with Gasteiger partial charge in [-0.2, -0.15) is 5.10 Å². The van der Waals surface area contributed by atoms with Gasteiger partial charge < -0.3 is 9.67 Å². The molecule has 102 valence electrons. The van der Waals surface area contributed by atoms with Gasteiger partial charge in [-0.3, -0.25) is 4.68 Å². The molecule has 1 aliphatic rings. The van der Waals surface area contributed by atoms with E-state index in [4.69, 9.17) is 0 Å². The Hall–Kier alpha value is -1.69. The third kappa shape index (κ3) is 2.06. The van der Waals surface area contributed by atoms with E-state index in [0.717, 1.165) is 48.8 Å². The lowest BCUT2D eigenvalue weighted by Gasteiger charge is -2.22. The van der Waals surface area contributed by atoms with Crippen LogP contribution in [0.3, 0.4) is 0 Å². The summed E-state index contributed by atoms with van der Waals surface area (Å²) in [5.74, 6) is 2.18. The van der Waals surface area contributed by atoms with E-state index < -0.39 is 0 Å². The number of aryl methyl sites for hydroxylation is 3. The first-order chi connectivity index (χ1) is 9.22. The van der Waals surface area contributed by atoms with Crippen LogP contribution in [-0.4, -0.2) is 36.3 Å². The quantitative estimate of drug-likeness (QED) is 0.887. The molecule has 0 aromatic carbocycles. The van der Waals surface area contributed by atoms with Crippen LogP contribution in [0.15, 0.2) is 6.07 Å². The summed E-state index contributed by atoms with van der Waals surface area (Å²) in [5, 5.41) is 22.4. The Kier molecular flexibility index (Phi) is 3.10. The number of hydrogen-bond donors (Lipinski definition) is 1. The number of aliphatic hydroxyl groups excluding tert-OH is 1. The van der Waals surface area contributed by atoms with E-state index >= 15 is 0 Å². The van der Waals surface area contributed by atoms with E-state index in [2.05, 4.69) is 32.9 Å². The highest BCUT2D eigenvalue weighted by Gasteiger charge is 2.24. The summed E-state index contributed by atoms with van der Waals surface area (Å²) in [6, 6.07) is 2.07. The molecule has 0 saturated carbocycles. The SMILES string of the molecule is CCc1cc(-c2nnc3n2CC(CO)CC3)n(C)n1. The maximum Gasteiger partial charge on any atom is 0.182 e. The molecule has 6 heteroatoms. The van der Waals surface area contributed by atoms with E-state index in [1.165, 1.54) is 0 Å². The zero-order chi connectivity index (χ0) is 13.4. The number of nitrogens with zero attached hydrogens (tertiary/aromatic N) is 5. The third-order valence-electron chi connectivity index (χ3n) is 3.82. The van der Waals surface area contributed by atoms with E-state index in [9.17, 15) is 5.11 Å². The Balaban J connectivity index is 2.02. The van der Waals surface area contributed by atoms with Crippen LogP contribution in [0.25, 0.3) is 11.5 Å². The van der Waals surface area contributed by atoms with E-state index in [-0.39, 0.29) is 6.61 Å². The highest BCUT2D eigenvalue weighted by Crippen LogP contribution is 2.25. The summed E-state index contributed by atoms with van der Waals surface area (Å²) < 4.78 is 3.99. The van der Waals surface area contributed by atoms with Crippen molar-refractivity contribution in [3.63, 3.8) is 0 Å². The maximum absolute atomic E-state index is 9.34. The van der Waals surface area contributed by atoms with Crippen LogP contribution >= 0.6 is 0 Å². The maximum atomic E-state index is 9.34. The Morgan fingerprint density at radius 1 is 1.42 bits per heavy atom. The van der Waals surface area contributed by atoms with Gasteiger partial charge in [0.05, 0.1) is 5.69 Å². The Bertz CT molecular complexity index is 586. The van der Waals surface area contributed by atoms with Crippen molar-refractivity contribution in [2.24, 2.45) is 13.0 Å². The molecule has 1 N–H and O–H groups in total. The van der Waals surface area contributed by atoms with E-state index in [1.54, 1.807) is 0 Å². The topological polar surface area (TPSA) is 68.8 Å². The van der Waals surface area contributed by atoms with Crippen LogP contribution in [0.5, 0.6) is 0 Å². The minimum absolute atomic E-state index is 0.225. The number of fused-ring (bicyclic) bond motifs is 1. The Morgan fingerprint density at radius 3 is 2.95 bits per heavy atom. The van der Waals surface area contributed by atoms with Gasteiger partial charge in [-0.15, -0.1) is 10.2 Å². The average Bonchev–Trinajstić information content (AvgIpc) is 3.00. The Labute approximate surface area is 112 Å². The molecule has 6 nitrogen and oxygen atoms in total. The second kappa shape index (κ2) is 4.77. The number of rotatable bonds is 3. The van der Waals surface area contributed by atoms with Crippen LogP contribution in [0.4, 0.5) is 0 Å². The summed E-state index contributed by atoms with van der Waals surface area (Å²) in [6.07, 6.45) is 2.78. The van der Waals surface area contributed by atoms with Crippen LogP contribution in [0.1, 0.15) is 24.9 Å². The molecule has 3 heterocycles. The zero-order valence-corrected chi connectivity index (χ0v) is 11.4. The van der Waals surface area contributed by atoms with Gasteiger partial charge in [0.25, 0.3) is 0 Å². The first-order valence-electron chi connectivity index (χ1n) is 6.79. The fourth-order valence-corrected chi connectivity index (χ4v) is 2.64. The van der Waals surface area contributed by atoms with Crippen molar-refractivity contribution in [2.75, 3.05) is 6.61 Å². The van der Waals surface area contributed by atoms with Gasteiger partial charge in [0, 0.05) is 32.5 Å². The first kappa shape index (κ1) is 12.3. The molecule has 1 unspecified atom stereocenters. The minimum Gasteiger partial charge on any atom is -0.396 e. The van der Waals surface area contributed by atoms with E-state index in [0.29, 0.717) is 5.92 Å². The zero-order valence-electron chi connectivity index (χ0n) is 11.4. The summed E-state index contributed by atoms with van der Waals surface area (Å²) in [6.45, 7) is 3.11. The van der Waals surface area contributed by atoms with Crippen molar-refractivity contribution in [3.05, 3.63) is 17.6 Å². The predicted molar refractivity (Wildman–Crippen MR) is 70.5 cm³/mol. The fourth-order valence-electron chi connectivity index (χ4n) is 2.64. The minimum atomic E-state index is 0.225. The van der Waals surface area contributed by atoms with Gasteiger partial charge in [-0.1, -0.05) is 6.92 Å². The summed E-state index contributed by atoms with van der Waals surface area (Å²) in [7, 11) is 1.93. The van der Waals surface area contributed by atoms with Gasteiger partial charge in [-0.25, -0.2) is 0 Å². The van der Waals surface area contributed by atoms with Gasteiger partial charge in [-0.05, 0) is 18.9 Å². The highest BCUT2D eigenvalue weighted by atomic mass is 16.3.